The van der Waals surface area contributed by atoms with Gasteiger partial charge in [-0.1, -0.05) is 19.1 Å². The fraction of sp³-hybridized carbons (Fsp3) is 0.667. The first kappa shape index (κ1) is 10.4. The molecule has 0 unspecified atom stereocenters. The molecule has 0 saturated carbocycles. The van der Waals surface area contributed by atoms with E-state index in [2.05, 4.69) is 19.1 Å². The molecule has 1 atom stereocenters. The lowest BCUT2D eigenvalue weighted by molar-refractivity contribution is -0.118. The van der Waals surface area contributed by atoms with Crippen molar-refractivity contribution in [2.75, 3.05) is 0 Å². The van der Waals surface area contributed by atoms with Crippen LogP contribution in [0.5, 0.6) is 0 Å². The molecule has 64 valence electrons. The number of carbonyl (C=O) groups is 1. The Morgan fingerprint density at radius 2 is 2.18 bits per heavy atom. The van der Waals surface area contributed by atoms with Gasteiger partial charge in [-0.3, -0.25) is 4.79 Å². The Kier molecular flexibility index (Phi) is 5.75. The van der Waals surface area contributed by atoms with Gasteiger partial charge in [0.1, 0.15) is 5.78 Å². The standard InChI is InChI=1S/C9H17NO/c1-3-4-5-6-7-9(10)8(2)11/h4-5,9H,3,6-7,10H2,1-2H3/b5-4+/t9-/m0/s1. The fourth-order valence-electron chi connectivity index (χ4n) is 0.764. The first-order chi connectivity index (χ1) is 5.18. The molecule has 0 amide bonds. The van der Waals surface area contributed by atoms with E-state index in [0.717, 1.165) is 19.3 Å². The molecule has 0 bridgehead atoms. The van der Waals surface area contributed by atoms with Gasteiger partial charge in [-0.25, -0.2) is 0 Å². The first-order valence-electron chi connectivity index (χ1n) is 4.09. The second-order valence-corrected chi connectivity index (χ2v) is 2.67. The molecule has 0 aliphatic carbocycles. The summed E-state index contributed by atoms with van der Waals surface area (Å²) < 4.78 is 0. The van der Waals surface area contributed by atoms with Crippen molar-refractivity contribution in [3.63, 3.8) is 0 Å². The van der Waals surface area contributed by atoms with Crippen LogP contribution in [0.3, 0.4) is 0 Å². The summed E-state index contributed by atoms with van der Waals surface area (Å²) in [6, 6.07) is -0.267. The molecular formula is C9H17NO. The zero-order valence-corrected chi connectivity index (χ0v) is 7.34. The van der Waals surface area contributed by atoms with Crippen LogP contribution >= 0.6 is 0 Å². The average molecular weight is 155 g/mol. The van der Waals surface area contributed by atoms with Crippen molar-refractivity contribution in [3.8, 4) is 0 Å². The van der Waals surface area contributed by atoms with Gasteiger partial charge in [-0.15, -0.1) is 0 Å². The van der Waals surface area contributed by atoms with Gasteiger partial charge in [-0.2, -0.15) is 0 Å². The molecule has 0 aromatic heterocycles. The summed E-state index contributed by atoms with van der Waals surface area (Å²) in [6.45, 7) is 3.62. The highest BCUT2D eigenvalue weighted by atomic mass is 16.1. The number of allylic oxidation sites excluding steroid dienone is 2. The van der Waals surface area contributed by atoms with Crippen LogP contribution in [0.4, 0.5) is 0 Å². The maximum Gasteiger partial charge on any atom is 0.146 e. The minimum atomic E-state index is -0.267. The summed E-state index contributed by atoms with van der Waals surface area (Å²) in [7, 11) is 0. The summed E-state index contributed by atoms with van der Waals surface area (Å²) >= 11 is 0. The molecule has 0 aliphatic heterocycles. The first-order valence-corrected chi connectivity index (χ1v) is 4.09. The van der Waals surface area contributed by atoms with Crippen LogP contribution in [-0.4, -0.2) is 11.8 Å². The summed E-state index contributed by atoms with van der Waals surface area (Å²) in [6.07, 6.45) is 6.89. The van der Waals surface area contributed by atoms with Crippen molar-refractivity contribution in [3.05, 3.63) is 12.2 Å². The van der Waals surface area contributed by atoms with Gasteiger partial charge in [0.05, 0.1) is 6.04 Å². The summed E-state index contributed by atoms with van der Waals surface area (Å²) in [5.41, 5.74) is 5.52. The molecular weight excluding hydrogens is 138 g/mol. The molecule has 2 heteroatoms. The van der Waals surface area contributed by atoms with E-state index in [1.165, 1.54) is 6.92 Å². The predicted octanol–water partition coefficient (Wildman–Crippen LogP) is 1.65. The number of rotatable bonds is 5. The van der Waals surface area contributed by atoms with E-state index in [1.807, 2.05) is 0 Å². The molecule has 0 aliphatic rings. The van der Waals surface area contributed by atoms with Crippen LogP contribution in [-0.2, 0) is 4.79 Å². The molecule has 11 heavy (non-hydrogen) atoms. The van der Waals surface area contributed by atoms with Crippen LogP contribution in [0.1, 0.15) is 33.1 Å². The number of hydrogen-bond donors (Lipinski definition) is 1. The molecule has 0 radical (unpaired) electrons. The largest absolute Gasteiger partial charge is 0.322 e. The van der Waals surface area contributed by atoms with E-state index in [1.54, 1.807) is 0 Å². The Bertz CT molecular complexity index is 140. The van der Waals surface area contributed by atoms with Crippen molar-refractivity contribution < 1.29 is 4.79 Å². The lowest BCUT2D eigenvalue weighted by Gasteiger charge is -2.03. The SMILES string of the molecule is CC/C=C/CC[C@H](N)C(C)=O. The molecule has 0 fully saturated rings. The Morgan fingerprint density at radius 1 is 1.55 bits per heavy atom. The van der Waals surface area contributed by atoms with Crippen molar-refractivity contribution >= 4 is 5.78 Å². The number of carbonyl (C=O) groups excluding carboxylic acids is 1. The molecule has 0 aromatic rings. The number of nitrogens with two attached hydrogens (primary N) is 1. The van der Waals surface area contributed by atoms with Gasteiger partial charge in [0.15, 0.2) is 0 Å². The van der Waals surface area contributed by atoms with Gasteiger partial charge in [-0.05, 0) is 26.2 Å². The minimum Gasteiger partial charge on any atom is -0.322 e. The molecule has 0 heterocycles. The van der Waals surface area contributed by atoms with Crippen LogP contribution in [0.25, 0.3) is 0 Å². The quantitative estimate of drug-likeness (QED) is 0.613. The van der Waals surface area contributed by atoms with Crippen molar-refractivity contribution in [1.82, 2.24) is 0 Å². The Labute approximate surface area is 68.5 Å². The van der Waals surface area contributed by atoms with Crippen LogP contribution in [0, 0.1) is 0 Å². The van der Waals surface area contributed by atoms with E-state index < -0.39 is 0 Å². The van der Waals surface area contributed by atoms with E-state index >= 15 is 0 Å². The molecule has 0 saturated heterocycles. The summed E-state index contributed by atoms with van der Waals surface area (Å²) in [5, 5.41) is 0. The third-order valence-corrected chi connectivity index (χ3v) is 1.57. The highest BCUT2D eigenvalue weighted by molar-refractivity contribution is 5.81. The molecule has 2 nitrogen and oxygen atoms in total. The fourth-order valence-corrected chi connectivity index (χ4v) is 0.764. The maximum atomic E-state index is 10.7. The van der Waals surface area contributed by atoms with Gasteiger partial charge >= 0.3 is 0 Å². The molecule has 0 aromatic carbocycles. The maximum absolute atomic E-state index is 10.7. The highest BCUT2D eigenvalue weighted by Crippen LogP contribution is 1.97. The number of ketones is 1. The second kappa shape index (κ2) is 6.10. The van der Waals surface area contributed by atoms with Crippen molar-refractivity contribution in [2.45, 2.75) is 39.2 Å². The molecule has 2 N–H and O–H groups in total. The van der Waals surface area contributed by atoms with Crippen molar-refractivity contribution in [2.24, 2.45) is 5.73 Å². The Morgan fingerprint density at radius 3 is 2.64 bits per heavy atom. The summed E-state index contributed by atoms with van der Waals surface area (Å²) in [4.78, 5) is 10.7. The van der Waals surface area contributed by atoms with Crippen LogP contribution < -0.4 is 5.73 Å². The van der Waals surface area contributed by atoms with Gasteiger partial charge < -0.3 is 5.73 Å². The number of Topliss-reactive ketones (excluding diaryl/α,β-unsaturated/α-hetero) is 1. The second-order valence-electron chi connectivity index (χ2n) is 2.67. The normalized spacial score (nSPS) is 13.7. The molecule has 0 spiro atoms. The topological polar surface area (TPSA) is 43.1 Å². The van der Waals surface area contributed by atoms with E-state index in [-0.39, 0.29) is 11.8 Å². The highest BCUT2D eigenvalue weighted by Gasteiger charge is 2.04. The smallest absolute Gasteiger partial charge is 0.146 e. The predicted molar refractivity (Wildman–Crippen MR) is 47.3 cm³/mol. The monoisotopic (exact) mass is 155 g/mol. The van der Waals surface area contributed by atoms with E-state index in [4.69, 9.17) is 5.73 Å². The van der Waals surface area contributed by atoms with E-state index in [0.29, 0.717) is 0 Å². The third-order valence-electron chi connectivity index (χ3n) is 1.57. The zero-order chi connectivity index (χ0) is 8.69. The van der Waals surface area contributed by atoms with Crippen molar-refractivity contribution in [1.29, 1.82) is 0 Å². The summed E-state index contributed by atoms with van der Waals surface area (Å²) in [5.74, 6) is 0.0786. The minimum absolute atomic E-state index is 0.0786. The van der Waals surface area contributed by atoms with Gasteiger partial charge in [0.2, 0.25) is 0 Å². The third kappa shape index (κ3) is 5.80. The Hall–Kier alpha value is -0.630. The number of hydrogen-bond acceptors (Lipinski definition) is 2. The van der Waals surface area contributed by atoms with Crippen LogP contribution in [0.2, 0.25) is 0 Å². The van der Waals surface area contributed by atoms with E-state index in [9.17, 15) is 4.79 Å². The van der Waals surface area contributed by atoms with Gasteiger partial charge in [0, 0.05) is 0 Å². The molecule has 0 rings (SSSR count). The van der Waals surface area contributed by atoms with Crippen LogP contribution in [0.15, 0.2) is 12.2 Å². The van der Waals surface area contributed by atoms with Gasteiger partial charge in [0.25, 0.3) is 0 Å². The lowest BCUT2D eigenvalue weighted by Crippen LogP contribution is -2.27. The average Bonchev–Trinajstić information content (AvgIpc) is 1.97. The Balaban J connectivity index is 3.38. The lowest BCUT2D eigenvalue weighted by atomic mass is 10.1. The zero-order valence-electron chi connectivity index (χ0n) is 7.34.